The van der Waals surface area contributed by atoms with E-state index in [-0.39, 0.29) is 24.3 Å². The summed E-state index contributed by atoms with van der Waals surface area (Å²) in [6.45, 7) is 8.56. The molecule has 2 N–H and O–H groups in total. The molecule has 0 rings (SSSR count). The van der Waals surface area contributed by atoms with E-state index in [4.69, 9.17) is 15.2 Å². The lowest BCUT2D eigenvalue weighted by molar-refractivity contribution is -0.145. The molecule has 0 bridgehead atoms. The normalized spacial score (nSPS) is 12.1. The van der Waals surface area contributed by atoms with Gasteiger partial charge in [-0.1, -0.05) is 13.8 Å². The lowest BCUT2D eigenvalue weighted by Crippen LogP contribution is -2.21. The molecule has 0 aliphatic heterocycles. The molecule has 0 radical (unpaired) electrons. The SMILES string of the molecule is CCOCCCOC(=O)C[C@@H](CN)CC(C)C.Cl. The predicted octanol–water partition coefficient (Wildman–Crippen LogP) is 2.39. The van der Waals surface area contributed by atoms with E-state index in [1.807, 2.05) is 6.92 Å². The molecule has 0 spiro atoms. The first-order chi connectivity index (χ1) is 8.10. The molecule has 0 aromatic heterocycles. The van der Waals surface area contributed by atoms with E-state index in [2.05, 4.69) is 13.8 Å². The molecular formula is C13H28ClNO3. The molecular weight excluding hydrogens is 254 g/mol. The maximum atomic E-state index is 11.5. The molecule has 0 saturated heterocycles. The van der Waals surface area contributed by atoms with Crippen LogP contribution in [0.15, 0.2) is 0 Å². The van der Waals surface area contributed by atoms with Crippen LogP contribution in [0, 0.1) is 11.8 Å². The molecule has 0 fully saturated rings. The zero-order chi connectivity index (χ0) is 13.1. The van der Waals surface area contributed by atoms with Crippen LogP contribution < -0.4 is 5.73 Å². The number of rotatable bonds is 10. The topological polar surface area (TPSA) is 61.5 Å². The molecule has 0 unspecified atom stereocenters. The average molecular weight is 282 g/mol. The fourth-order valence-electron chi connectivity index (χ4n) is 1.72. The van der Waals surface area contributed by atoms with Crippen molar-refractivity contribution >= 4 is 18.4 Å². The minimum Gasteiger partial charge on any atom is -0.466 e. The molecule has 0 aromatic rings. The second-order valence-corrected chi connectivity index (χ2v) is 4.71. The highest BCUT2D eigenvalue weighted by molar-refractivity contribution is 5.85. The van der Waals surface area contributed by atoms with Gasteiger partial charge in [0.15, 0.2) is 0 Å². The minimum atomic E-state index is -0.141. The minimum absolute atomic E-state index is 0. The van der Waals surface area contributed by atoms with E-state index in [9.17, 15) is 4.79 Å². The molecule has 1 atom stereocenters. The van der Waals surface area contributed by atoms with Gasteiger partial charge in [0.2, 0.25) is 0 Å². The Morgan fingerprint density at radius 3 is 2.44 bits per heavy atom. The van der Waals surface area contributed by atoms with E-state index in [1.165, 1.54) is 0 Å². The summed E-state index contributed by atoms with van der Waals surface area (Å²) < 4.78 is 10.3. The molecule has 18 heavy (non-hydrogen) atoms. The summed E-state index contributed by atoms with van der Waals surface area (Å²) in [6.07, 6.45) is 2.17. The van der Waals surface area contributed by atoms with Crippen LogP contribution in [0.5, 0.6) is 0 Å². The first kappa shape index (κ1) is 20.0. The van der Waals surface area contributed by atoms with Crippen molar-refractivity contribution in [2.45, 2.75) is 40.0 Å². The summed E-state index contributed by atoms with van der Waals surface area (Å²) in [4.78, 5) is 11.5. The van der Waals surface area contributed by atoms with Crippen molar-refractivity contribution in [3.05, 3.63) is 0 Å². The zero-order valence-corrected chi connectivity index (χ0v) is 12.6. The summed E-state index contributed by atoms with van der Waals surface area (Å²) >= 11 is 0. The van der Waals surface area contributed by atoms with Crippen LogP contribution in [0.25, 0.3) is 0 Å². The number of nitrogens with two attached hydrogens (primary N) is 1. The number of hydrogen-bond acceptors (Lipinski definition) is 4. The second-order valence-electron chi connectivity index (χ2n) is 4.71. The van der Waals surface area contributed by atoms with Crippen LogP contribution in [-0.4, -0.2) is 32.3 Å². The van der Waals surface area contributed by atoms with Crippen molar-refractivity contribution in [1.29, 1.82) is 0 Å². The molecule has 0 amide bonds. The van der Waals surface area contributed by atoms with Gasteiger partial charge in [0.25, 0.3) is 0 Å². The van der Waals surface area contributed by atoms with Crippen LogP contribution in [0.2, 0.25) is 0 Å². The highest BCUT2D eigenvalue weighted by atomic mass is 35.5. The summed E-state index contributed by atoms with van der Waals surface area (Å²) in [5.41, 5.74) is 5.64. The van der Waals surface area contributed by atoms with E-state index >= 15 is 0 Å². The first-order valence-corrected chi connectivity index (χ1v) is 6.53. The lowest BCUT2D eigenvalue weighted by Gasteiger charge is -2.16. The fraction of sp³-hybridized carbons (Fsp3) is 0.923. The standard InChI is InChI=1S/C13H27NO3.ClH/c1-4-16-6-5-7-17-13(15)9-12(10-14)8-11(2)3;/h11-12H,4-10,14H2,1-3H3;1H/t12-;/m0./s1. The Morgan fingerprint density at radius 1 is 1.28 bits per heavy atom. The third kappa shape index (κ3) is 12.1. The Labute approximate surface area is 117 Å². The van der Waals surface area contributed by atoms with Crippen molar-refractivity contribution in [3.63, 3.8) is 0 Å². The Hall–Kier alpha value is -0.320. The van der Waals surface area contributed by atoms with Crippen molar-refractivity contribution in [1.82, 2.24) is 0 Å². The Balaban J connectivity index is 0. The fourth-order valence-corrected chi connectivity index (χ4v) is 1.72. The second kappa shape index (κ2) is 13.1. The van der Waals surface area contributed by atoms with Gasteiger partial charge in [0, 0.05) is 26.1 Å². The third-order valence-electron chi connectivity index (χ3n) is 2.49. The van der Waals surface area contributed by atoms with Crippen molar-refractivity contribution in [2.75, 3.05) is 26.4 Å². The highest BCUT2D eigenvalue weighted by Crippen LogP contribution is 2.14. The quantitative estimate of drug-likeness (QED) is 0.493. The van der Waals surface area contributed by atoms with Crippen LogP contribution in [0.3, 0.4) is 0 Å². The van der Waals surface area contributed by atoms with Crippen molar-refractivity contribution in [2.24, 2.45) is 17.6 Å². The number of hydrogen-bond donors (Lipinski definition) is 1. The van der Waals surface area contributed by atoms with Crippen molar-refractivity contribution < 1.29 is 14.3 Å². The zero-order valence-electron chi connectivity index (χ0n) is 11.8. The van der Waals surface area contributed by atoms with Crippen LogP contribution >= 0.6 is 12.4 Å². The van der Waals surface area contributed by atoms with Gasteiger partial charge in [-0.15, -0.1) is 12.4 Å². The van der Waals surface area contributed by atoms with Crippen LogP contribution in [-0.2, 0) is 14.3 Å². The average Bonchev–Trinajstić information content (AvgIpc) is 2.27. The highest BCUT2D eigenvalue weighted by Gasteiger charge is 2.14. The van der Waals surface area contributed by atoms with Gasteiger partial charge < -0.3 is 15.2 Å². The molecule has 0 aliphatic carbocycles. The number of ether oxygens (including phenoxy) is 2. The third-order valence-corrected chi connectivity index (χ3v) is 2.49. The molecule has 110 valence electrons. The number of carbonyl (C=O) groups excluding carboxylic acids is 1. The van der Waals surface area contributed by atoms with Gasteiger partial charge in [0.05, 0.1) is 6.61 Å². The van der Waals surface area contributed by atoms with E-state index in [1.54, 1.807) is 0 Å². The van der Waals surface area contributed by atoms with Gasteiger partial charge in [-0.2, -0.15) is 0 Å². The van der Waals surface area contributed by atoms with Gasteiger partial charge in [-0.25, -0.2) is 0 Å². The number of halogens is 1. The lowest BCUT2D eigenvalue weighted by atomic mass is 9.94. The van der Waals surface area contributed by atoms with E-state index in [0.29, 0.717) is 38.7 Å². The van der Waals surface area contributed by atoms with Gasteiger partial charge in [-0.3, -0.25) is 4.79 Å². The van der Waals surface area contributed by atoms with Gasteiger partial charge >= 0.3 is 5.97 Å². The van der Waals surface area contributed by atoms with Crippen LogP contribution in [0.4, 0.5) is 0 Å². The summed E-state index contributed by atoms with van der Waals surface area (Å²) in [6, 6.07) is 0. The Bertz CT molecular complexity index is 201. The molecule has 5 heteroatoms. The van der Waals surface area contributed by atoms with E-state index < -0.39 is 0 Å². The molecule has 0 saturated carbocycles. The monoisotopic (exact) mass is 281 g/mol. The van der Waals surface area contributed by atoms with E-state index in [0.717, 1.165) is 12.8 Å². The Kier molecular flexibility index (Phi) is 14.6. The smallest absolute Gasteiger partial charge is 0.306 e. The number of carbonyl (C=O) groups is 1. The molecule has 0 aromatic carbocycles. The Morgan fingerprint density at radius 2 is 1.94 bits per heavy atom. The van der Waals surface area contributed by atoms with Gasteiger partial charge in [0.1, 0.15) is 0 Å². The summed E-state index contributed by atoms with van der Waals surface area (Å²) in [5, 5.41) is 0. The number of esters is 1. The molecule has 0 heterocycles. The maximum Gasteiger partial charge on any atom is 0.306 e. The summed E-state index contributed by atoms with van der Waals surface area (Å²) in [7, 11) is 0. The maximum absolute atomic E-state index is 11.5. The predicted molar refractivity (Wildman–Crippen MR) is 75.9 cm³/mol. The van der Waals surface area contributed by atoms with Crippen molar-refractivity contribution in [3.8, 4) is 0 Å². The first-order valence-electron chi connectivity index (χ1n) is 6.53. The van der Waals surface area contributed by atoms with Gasteiger partial charge in [-0.05, 0) is 31.7 Å². The largest absolute Gasteiger partial charge is 0.466 e. The molecule has 0 aliphatic rings. The summed E-state index contributed by atoms with van der Waals surface area (Å²) in [5.74, 6) is 0.668. The molecule has 4 nitrogen and oxygen atoms in total. The van der Waals surface area contributed by atoms with Crippen LogP contribution in [0.1, 0.15) is 40.0 Å².